The number of pyridine rings is 1. The van der Waals surface area contributed by atoms with Gasteiger partial charge in [-0.25, -0.2) is 4.98 Å². The molecule has 2 aliphatic carbocycles. The fourth-order valence-corrected chi connectivity index (χ4v) is 6.47. The molecule has 1 saturated carbocycles. The minimum atomic E-state index is -0.428. The van der Waals surface area contributed by atoms with Crippen LogP contribution >= 0.6 is 0 Å². The zero-order chi connectivity index (χ0) is 23.1. The van der Waals surface area contributed by atoms with Crippen molar-refractivity contribution in [3.63, 3.8) is 0 Å². The molecule has 0 unspecified atom stereocenters. The van der Waals surface area contributed by atoms with E-state index in [0.29, 0.717) is 17.1 Å². The van der Waals surface area contributed by atoms with E-state index in [1.807, 2.05) is 6.07 Å². The molecule has 6 nitrogen and oxygen atoms in total. The molecule has 0 radical (unpaired) electrons. The molecule has 2 aromatic rings. The number of rotatable bonds is 5. The van der Waals surface area contributed by atoms with E-state index in [-0.39, 0.29) is 0 Å². The average molecular weight is 461 g/mol. The number of benzene rings is 1. The molecular formula is C28H36N4O2. The lowest BCUT2D eigenvalue weighted by Gasteiger charge is -2.41. The van der Waals surface area contributed by atoms with Crippen LogP contribution in [0.5, 0.6) is 5.75 Å². The third-order valence-corrected chi connectivity index (χ3v) is 8.86. The van der Waals surface area contributed by atoms with Crippen molar-refractivity contribution in [3.8, 4) is 5.75 Å². The Hall–Kier alpha value is -2.60. The van der Waals surface area contributed by atoms with Crippen LogP contribution in [-0.2, 0) is 12.8 Å². The van der Waals surface area contributed by atoms with E-state index in [1.54, 1.807) is 12.3 Å². The Morgan fingerprint density at radius 1 is 0.971 bits per heavy atom. The lowest BCUT2D eigenvalue weighted by Crippen LogP contribution is -2.46. The van der Waals surface area contributed by atoms with Gasteiger partial charge in [0.25, 0.3) is 0 Å². The first-order chi connectivity index (χ1) is 16.6. The third-order valence-electron chi connectivity index (χ3n) is 8.86. The largest absolute Gasteiger partial charge is 0.490 e. The number of hydrogen-bond acceptors (Lipinski definition) is 5. The third kappa shape index (κ3) is 4.28. The van der Waals surface area contributed by atoms with Crippen LogP contribution in [0.3, 0.4) is 0 Å². The molecule has 180 valence electrons. The van der Waals surface area contributed by atoms with Gasteiger partial charge in [0.1, 0.15) is 17.7 Å². The predicted octanol–water partition coefficient (Wildman–Crippen LogP) is 3.96. The van der Waals surface area contributed by atoms with Gasteiger partial charge in [-0.05, 0) is 92.2 Å². The molecule has 3 fully saturated rings. The molecule has 1 aromatic carbocycles. The number of carbonyl (C=O) groups is 1. The molecule has 3 heterocycles. The predicted molar refractivity (Wildman–Crippen MR) is 133 cm³/mol. The van der Waals surface area contributed by atoms with Crippen LogP contribution in [0.15, 0.2) is 36.5 Å². The fraction of sp³-hybridized carbons (Fsp3) is 0.571. The van der Waals surface area contributed by atoms with E-state index >= 15 is 0 Å². The summed E-state index contributed by atoms with van der Waals surface area (Å²) in [5, 5.41) is 0. The van der Waals surface area contributed by atoms with Crippen LogP contribution in [-0.4, -0.2) is 54.1 Å². The molecule has 2 aliphatic heterocycles. The van der Waals surface area contributed by atoms with Gasteiger partial charge in [-0.3, -0.25) is 4.79 Å². The number of hydrogen-bond donors (Lipinski definition) is 1. The number of nitrogens with two attached hydrogens (primary N) is 1. The molecular weight excluding hydrogens is 424 g/mol. The summed E-state index contributed by atoms with van der Waals surface area (Å²) in [6, 6.07) is 11.4. The molecule has 2 N–H and O–H groups in total. The second-order valence-electron chi connectivity index (χ2n) is 11.0. The van der Waals surface area contributed by atoms with Crippen molar-refractivity contribution >= 4 is 11.7 Å². The summed E-state index contributed by atoms with van der Waals surface area (Å²) >= 11 is 0. The van der Waals surface area contributed by atoms with Crippen molar-refractivity contribution in [2.45, 2.75) is 69.9 Å². The molecule has 1 aromatic heterocycles. The summed E-state index contributed by atoms with van der Waals surface area (Å²) < 4.78 is 6.46. The van der Waals surface area contributed by atoms with E-state index in [2.05, 4.69) is 33.0 Å². The van der Waals surface area contributed by atoms with Crippen molar-refractivity contribution < 1.29 is 9.53 Å². The van der Waals surface area contributed by atoms with Crippen LogP contribution in [0.4, 0.5) is 5.82 Å². The van der Waals surface area contributed by atoms with Crippen LogP contribution in [0, 0.1) is 5.41 Å². The lowest BCUT2D eigenvalue weighted by atomic mass is 9.76. The highest BCUT2D eigenvalue weighted by Gasteiger charge is 2.40. The zero-order valence-electron chi connectivity index (χ0n) is 20.0. The normalized spacial score (nSPS) is 23.0. The zero-order valence-corrected chi connectivity index (χ0v) is 20.0. The summed E-state index contributed by atoms with van der Waals surface area (Å²) in [6.45, 7) is 4.39. The molecule has 34 heavy (non-hydrogen) atoms. The topological polar surface area (TPSA) is 71.7 Å². The fourth-order valence-electron chi connectivity index (χ4n) is 6.47. The van der Waals surface area contributed by atoms with Gasteiger partial charge in [0, 0.05) is 38.4 Å². The SMILES string of the molecule is NC(=O)c1ccc(N2CCC3(CC2)Cc2ccc(OC4CCN(C5CCC5)CC4)cc2C3)nc1. The van der Waals surface area contributed by atoms with Gasteiger partial charge in [0.15, 0.2) is 0 Å². The van der Waals surface area contributed by atoms with Crippen molar-refractivity contribution in [2.24, 2.45) is 11.1 Å². The first-order valence-corrected chi connectivity index (χ1v) is 13.1. The van der Waals surface area contributed by atoms with Gasteiger partial charge in [-0.1, -0.05) is 12.5 Å². The Morgan fingerprint density at radius 3 is 2.38 bits per heavy atom. The number of amides is 1. The molecule has 6 heteroatoms. The Balaban J connectivity index is 1.04. The van der Waals surface area contributed by atoms with Gasteiger partial charge in [0.2, 0.25) is 5.91 Å². The number of aromatic nitrogens is 1. The Labute approximate surface area is 202 Å². The van der Waals surface area contributed by atoms with E-state index in [1.165, 1.54) is 49.9 Å². The molecule has 0 bridgehead atoms. The molecule has 1 spiro atoms. The maximum absolute atomic E-state index is 11.3. The second kappa shape index (κ2) is 8.88. The van der Waals surface area contributed by atoms with Crippen molar-refractivity contribution in [1.29, 1.82) is 0 Å². The second-order valence-corrected chi connectivity index (χ2v) is 11.0. The number of piperidine rings is 2. The Bertz CT molecular complexity index is 1030. The van der Waals surface area contributed by atoms with E-state index < -0.39 is 5.91 Å². The van der Waals surface area contributed by atoms with Crippen LogP contribution in [0.2, 0.25) is 0 Å². The van der Waals surface area contributed by atoms with E-state index in [9.17, 15) is 4.79 Å². The number of fused-ring (bicyclic) bond motifs is 1. The van der Waals surface area contributed by atoms with Crippen molar-refractivity contribution in [1.82, 2.24) is 9.88 Å². The first kappa shape index (κ1) is 21.9. The average Bonchev–Trinajstić information content (AvgIpc) is 3.16. The number of ether oxygens (including phenoxy) is 1. The quantitative estimate of drug-likeness (QED) is 0.731. The molecule has 4 aliphatic rings. The van der Waals surface area contributed by atoms with Crippen molar-refractivity contribution in [2.75, 3.05) is 31.1 Å². The smallest absolute Gasteiger partial charge is 0.250 e. The van der Waals surface area contributed by atoms with Gasteiger partial charge >= 0.3 is 0 Å². The summed E-state index contributed by atoms with van der Waals surface area (Å²) in [4.78, 5) is 20.8. The highest BCUT2D eigenvalue weighted by molar-refractivity contribution is 5.92. The van der Waals surface area contributed by atoms with Gasteiger partial charge in [-0.2, -0.15) is 0 Å². The summed E-state index contributed by atoms with van der Waals surface area (Å²) in [5.74, 6) is 1.58. The molecule has 6 rings (SSSR count). The molecule has 1 amide bonds. The Kier molecular flexibility index (Phi) is 5.72. The number of likely N-dealkylation sites (tertiary alicyclic amines) is 1. The number of primary amides is 1. The first-order valence-electron chi connectivity index (χ1n) is 13.1. The van der Waals surface area contributed by atoms with Gasteiger partial charge in [-0.15, -0.1) is 0 Å². The van der Waals surface area contributed by atoms with Crippen LogP contribution in [0.1, 0.15) is 66.4 Å². The van der Waals surface area contributed by atoms with E-state index in [0.717, 1.165) is 62.8 Å². The summed E-state index contributed by atoms with van der Waals surface area (Å²) in [7, 11) is 0. The van der Waals surface area contributed by atoms with Crippen LogP contribution < -0.4 is 15.4 Å². The lowest BCUT2D eigenvalue weighted by molar-refractivity contribution is 0.0493. The summed E-state index contributed by atoms with van der Waals surface area (Å²) in [5.41, 5.74) is 9.16. The molecule has 0 atom stereocenters. The minimum Gasteiger partial charge on any atom is -0.490 e. The Morgan fingerprint density at radius 2 is 1.74 bits per heavy atom. The molecule has 2 saturated heterocycles. The highest BCUT2D eigenvalue weighted by Crippen LogP contribution is 2.46. The summed E-state index contributed by atoms with van der Waals surface area (Å²) in [6.07, 6.45) is 13.1. The van der Waals surface area contributed by atoms with Crippen molar-refractivity contribution in [3.05, 3.63) is 53.2 Å². The maximum atomic E-state index is 11.3. The maximum Gasteiger partial charge on any atom is 0.250 e. The van der Waals surface area contributed by atoms with E-state index in [4.69, 9.17) is 10.5 Å². The minimum absolute atomic E-state index is 0.360. The highest BCUT2D eigenvalue weighted by atomic mass is 16.5. The number of nitrogens with zero attached hydrogens (tertiary/aromatic N) is 3. The van der Waals surface area contributed by atoms with Gasteiger partial charge < -0.3 is 20.3 Å². The number of carbonyl (C=O) groups excluding carboxylic acids is 1. The van der Waals surface area contributed by atoms with Gasteiger partial charge in [0.05, 0.1) is 5.56 Å². The number of anilines is 1. The standard InChI is InChI=1S/C28H36N4O2/c29-27(33)21-5-7-26(30-19-21)32-14-10-28(11-15-32)17-20-4-6-25(16-22(20)18-28)34-24-8-12-31(13-9-24)23-2-1-3-23/h4-7,16,19,23-24H,1-3,8-15,17-18H2,(H2,29,33). The van der Waals surface area contributed by atoms with Crippen LogP contribution in [0.25, 0.3) is 0 Å². The monoisotopic (exact) mass is 460 g/mol.